The zero-order valence-corrected chi connectivity index (χ0v) is 35.7. The molecule has 5 saturated carbocycles. The van der Waals surface area contributed by atoms with E-state index in [1.54, 1.807) is 26.3 Å². The lowest BCUT2D eigenvalue weighted by molar-refractivity contribution is -0.214. The van der Waals surface area contributed by atoms with Gasteiger partial charge in [0, 0.05) is 50.9 Å². The number of carbonyl (C=O) groups is 4. The molecule has 8 atom stereocenters. The second kappa shape index (κ2) is 14.9. The lowest BCUT2D eigenvalue weighted by Crippen LogP contribution is -2.63. The highest BCUT2D eigenvalue weighted by Crippen LogP contribution is 2.73. The fraction of sp³-hybridized carbons (Fsp3) is 0.870. The number of amides is 1. The first-order valence-electron chi connectivity index (χ1n) is 21.8. The van der Waals surface area contributed by atoms with Crippen molar-refractivity contribution in [3.8, 4) is 0 Å². The number of fused-ring (bicyclic) bond motifs is 7. The second-order valence-corrected chi connectivity index (χ2v) is 21.3. The number of rotatable bonds is 13. The van der Waals surface area contributed by atoms with Crippen LogP contribution in [-0.4, -0.2) is 77.9 Å². The van der Waals surface area contributed by atoms with E-state index in [1.165, 1.54) is 44.1 Å². The summed E-state index contributed by atoms with van der Waals surface area (Å²) in [7, 11) is 1.91. The minimum atomic E-state index is -1.15. The van der Waals surface area contributed by atoms with Crippen molar-refractivity contribution < 1.29 is 29.0 Å². The van der Waals surface area contributed by atoms with Gasteiger partial charge in [0.15, 0.2) is 5.78 Å². The van der Waals surface area contributed by atoms with Crippen molar-refractivity contribution in [1.82, 2.24) is 9.80 Å². The fourth-order valence-electron chi connectivity index (χ4n) is 13.7. The van der Waals surface area contributed by atoms with Crippen molar-refractivity contribution in [2.75, 3.05) is 33.2 Å². The van der Waals surface area contributed by atoms with Crippen LogP contribution in [-0.2, 0) is 23.9 Å². The molecule has 0 aliphatic heterocycles. The van der Waals surface area contributed by atoms with Crippen LogP contribution >= 0.6 is 0 Å². The summed E-state index contributed by atoms with van der Waals surface area (Å²) in [6, 6.07) is 0. The van der Waals surface area contributed by atoms with E-state index < -0.39 is 17.4 Å². The van der Waals surface area contributed by atoms with Gasteiger partial charge in [-0.05, 0) is 143 Å². The summed E-state index contributed by atoms with van der Waals surface area (Å²) in [5, 5.41) is 9.62. The van der Waals surface area contributed by atoms with E-state index in [4.69, 9.17) is 4.74 Å². The smallest absolute Gasteiger partial charge is 0.309 e. The van der Waals surface area contributed by atoms with Crippen molar-refractivity contribution in [2.45, 2.75) is 158 Å². The molecular weight excluding hydrogens is 677 g/mol. The molecule has 8 nitrogen and oxygen atoms in total. The van der Waals surface area contributed by atoms with E-state index in [9.17, 15) is 24.3 Å². The molecule has 0 aromatic rings. The number of ketones is 1. The monoisotopic (exact) mass is 751 g/mol. The van der Waals surface area contributed by atoms with Gasteiger partial charge in [0.25, 0.3) is 0 Å². The number of nitrogens with zero attached hydrogens (tertiary/aromatic N) is 2. The third-order valence-electron chi connectivity index (χ3n) is 17.1. The zero-order valence-electron chi connectivity index (χ0n) is 35.7. The molecule has 54 heavy (non-hydrogen) atoms. The van der Waals surface area contributed by atoms with Crippen molar-refractivity contribution in [2.24, 2.45) is 62.6 Å². The topological polar surface area (TPSA) is 104 Å². The van der Waals surface area contributed by atoms with E-state index in [2.05, 4.69) is 46.4 Å². The van der Waals surface area contributed by atoms with Gasteiger partial charge in [-0.1, -0.05) is 53.5 Å². The van der Waals surface area contributed by atoms with Gasteiger partial charge >= 0.3 is 11.9 Å². The molecule has 6 rings (SSSR count). The summed E-state index contributed by atoms with van der Waals surface area (Å²) in [6.07, 6.45) is 14.1. The Morgan fingerprint density at radius 2 is 1.57 bits per heavy atom. The molecule has 5 fully saturated rings. The predicted octanol–water partition coefficient (Wildman–Crippen LogP) is 8.96. The number of carboxylic acid groups (broad SMARTS) is 1. The maximum Gasteiger partial charge on any atom is 0.309 e. The van der Waals surface area contributed by atoms with Gasteiger partial charge in [-0.15, -0.1) is 0 Å². The molecule has 0 heterocycles. The Balaban J connectivity index is 1.22. The first-order chi connectivity index (χ1) is 25.2. The SMILES string of the molecule is CC(=O)N(C)CCN(CCC12CCC3C(CCC4C3(C)CCC3C(C)(C)C(OC(=O)CC(C)(C)C(=O)O)CCC34C)C1=C(C(C)C)C(=O)C2)CC1CCC1. The summed E-state index contributed by atoms with van der Waals surface area (Å²) in [5.41, 5.74) is 1.68. The third kappa shape index (κ3) is 7.25. The average Bonchev–Trinajstić information content (AvgIpc) is 3.36. The molecule has 0 aromatic carbocycles. The molecule has 6 aliphatic carbocycles. The Hall–Kier alpha value is -2.22. The van der Waals surface area contributed by atoms with Crippen LogP contribution in [0.25, 0.3) is 0 Å². The summed E-state index contributed by atoms with van der Waals surface area (Å²) in [6.45, 7) is 22.9. The quantitative estimate of drug-likeness (QED) is 0.188. The van der Waals surface area contributed by atoms with Gasteiger partial charge in [-0.2, -0.15) is 0 Å². The van der Waals surface area contributed by atoms with E-state index in [0.717, 1.165) is 70.6 Å². The first-order valence-corrected chi connectivity index (χ1v) is 21.8. The number of esters is 1. The van der Waals surface area contributed by atoms with Crippen molar-refractivity contribution >= 4 is 23.6 Å². The van der Waals surface area contributed by atoms with Crippen molar-refractivity contribution in [3.05, 3.63) is 11.1 Å². The van der Waals surface area contributed by atoms with Crippen LogP contribution in [0.5, 0.6) is 0 Å². The Morgan fingerprint density at radius 1 is 0.889 bits per heavy atom. The molecule has 304 valence electrons. The highest BCUT2D eigenvalue weighted by Gasteiger charge is 2.66. The van der Waals surface area contributed by atoms with Gasteiger partial charge in [0.2, 0.25) is 5.91 Å². The summed E-state index contributed by atoms with van der Waals surface area (Å²) >= 11 is 0. The second-order valence-electron chi connectivity index (χ2n) is 21.3. The van der Waals surface area contributed by atoms with Crippen LogP contribution in [0.15, 0.2) is 11.1 Å². The van der Waals surface area contributed by atoms with E-state index in [-0.39, 0.29) is 46.0 Å². The molecule has 8 heteroatoms. The third-order valence-corrected chi connectivity index (χ3v) is 17.1. The molecule has 0 spiro atoms. The number of carbonyl (C=O) groups excluding carboxylic acids is 3. The number of allylic oxidation sites excluding steroid dienone is 2. The Bertz CT molecular complexity index is 1510. The molecule has 1 N–H and O–H groups in total. The van der Waals surface area contributed by atoms with Crippen LogP contribution in [0, 0.1) is 62.6 Å². The minimum absolute atomic E-state index is 0.0361. The van der Waals surface area contributed by atoms with Gasteiger partial charge in [-0.25, -0.2) is 0 Å². The molecule has 0 saturated heterocycles. The summed E-state index contributed by atoms with van der Waals surface area (Å²) in [4.78, 5) is 55.5. The van der Waals surface area contributed by atoms with Crippen LogP contribution < -0.4 is 0 Å². The van der Waals surface area contributed by atoms with Gasteiger partial charge in [0.05, 0.1) is 11.8 Å². The number of carboxylic acids is 1. The zero-order chi connectivity index (χ0) is 39.6. The molecular formula is C46H74N2O6. The largest absolute Gasteiger partial charge is 0.481 e. The lowest BCUT2D eigenvalue weighted by Gasteiger charge is -2.69. The van der Waals surface area contributed by atoms with Crippen LogP contribution in [0.4, 0.5) is 0 Å². The normalized spacial score (nSPS) is 36.2. The number of aliphatic carboxylic acids is 1. The average molecular weight is 751 g/mol. The Morgan fingerprint density at radius 3 is 2.19 bits per heavy atom. The van der Waals surface area contributed by atoms with E-state index in [1.807, 2.05) is 11.9 Å². The minimum Gasteiger partial charge on any atom is -0.481 e. The maximum atomic E-state index is 14.1. The number of Topliss-reactive ketones (excluding diaryl/α,β-unsaturated/α-hetero) is 1. The highest BCUT2D eigenvalue weighted by atomic mass is 16.5. The summed E-state index contributed by atoms with van der Waals surface area (Å²) < 4.78 is 6.18. The van der Waals surface area contributed by atoms with Crippen LogP contribution in [0.2, 0.25) is 0 Å². The van der Waals surface area contributed by atoms with Crippen LogP contribution in [0.1, 0.15) is 152 Å². The van der Waals surface area contributed by atoms with Gasteiger partial charge in [0.1, 0.15) is 6.10 Å². The Kier molecular flexibility index (Phi) is 11.5. The summed E-state index contributed by atoms with van der Waals surface area (Å²) in [5.74, 6) is 2.19. The van der Waals surface area contributed by atoms with Gasteiger partial charge < -0.3 is 19.6 Å². The van der Waals surface area contributed by atoms with E-state index >= 15 is 0 Å². The molecule has 8 unspecified atom stereocenters. The maximum absolute atomic E-state index is 14.1. The number of hydrogen-bond acceptors (Lipinski definition) is 6. The molecule has 0 bridgehead atoms. The number of likely N-dealkylation sites (N-methyl/N-ethyl adjacent to an activating group) is 1. The fourth-order valence-corrected chi connectivity index (χ4v) is 13.7. The number of ether oxygens (including phenoxy) is 1. The molecule has 0 radical (unpaired) electrons. The lowest BCUT2D eigenvalue weighted by atomic mass is 9.36. The number of hydrogen-bond donors (Lipinski definition) is 1. The molecule has 1 amide bonds. The predicted molar refractivity (Wildman–Crippen MR) is 212 cm³/mol. The molecule has 6 aliphatic rings. The Labute approximate surface area is 327 Å². The van der Waals surface area contributed by atoms with E-state index in [0.29, 0.717) is 35.9 Å². The van der Waals surface area contributed by atoms with Crippen LogP contribution in [0.3, 0.4) is 0 Å². The molecule has 0 aromatic heterocycles. The standard InChI is InChI=1S/C46H74N2O6/c1-29(2)39-34(50)26-46(22-23-48(28-31-12-11-13-31)25-24-47(10)30(3)49)21-16-33-32(40(39)46)14-15-36-44(33,8)19-17-35-43(6,7)37(18-20-45(35,36)9)54-38(51)27-42(4,5)41(52)53/h29,31-33,35-37H,11-28H2,1-10H3,(H,52,53). The highest BCUT2D eigenvalue weighted by molar-refractivity contribution is 6.00. The van der Waals surface area contributed by atoms with Crippen molar-refractivity contribution in [3.63, 3.8) is 0 Å². The van der Waals surface area contributed by atoms with Gasteiger partial charge in [-0.3, -0.25) is 19.2 Å². The van der Waals surface area contributed by atoms with Crippen molar-refractivity contribution in [1.29, 1.82) is 0 Å². The first kappa shape index (κ1) is 41.4.